The molecule has 0 rings (SSSR count). The first-order chi connectivity index (χ1) is 7.20. The van der Waals surface area contributed by atoms with Crippen molar-refractivity contribution >= 4 is 23.5 Å². The second kappa shape index (κ2) is 9.77. The third-order valence-corrected chi connectivity index (χ3v) is 2.11. The first-order valence-electron chi connectivity index (χ1n) is 5.19. The van der Waals surface area contributed by atoms with Crippen molar-refractivity contribution in [3.05, 3.63) is 0 Å². The summed E-state index contributed by atoms with van der Waals surface area (Å²) in [5.74, 6) is -0.309. The number of nitrogens with one attached hydrogen (secondary N) is 1. The Balaban J connectivity index is 3.30. The van der Waals surface area contributed by atoms with Crippen molar-refractivity contribution in [1.82, 2.24) is 5.32 Å². The monoisotopic (exact) mass is 235 g/mol. The van der Waals surface area contributed by atoms with Crippen LogP contribution >= 0.6 is 11.6 Å². The Morgan fingerprint density at radius 3 is 2.60 bits per heavy atom. The predicted molar refractivity (Wildman–Crippen MR) is 59.2 cm³/mol. The fourth-order valence-electron chi connectivity index (χ4n) is 0.963. The van der Waals surface area contributed by atoms with Gasteiger partial charge in [-0.15, -0.1) is 11.6 Å². The second-order valence-corrected chi connectivity index (χ2v) is 3.49. The van der Waals surface area contributed by atoms with Gasteiger partial charge < -0.3 is 10.1 Å². The number of ketones is 1. The van der Waals surface area contributed by atoms with E-state index in [9.17, 15) is 9.59 Å². The highest BCUT2D eigenvalue weighted by molar-refractivity contribution is 6.28. The lowest BCUT2D eigenvalue weighted by Gasteiger charge is -2.05. The average molecular weight is 236 g/mol. The molecule has 15 heavy (non-hydrogen) atoms. The van der Waals surface area contributed by atoms with E-state index in [1.165, 1.54) is 0 Å². The van der Waals surface area contributed by atoms with Gasteiger partial charge in [-0.1, -0.05) is 26.2 Å². The molecular weight excluding hydrogens is 218 g/mol. The Morgan fingerprint density at radius 2 is 2.00 bits per heavy atom. The molecule has 0 aliphatic heterocycles. The third-order valence-electron chi connectivity index (χ3n) is 1.81. The van der Waals surface area contributed by atoms with Crippen LogP contribution in [0.3, 0.4) is 0 Å². The van der Waals surface area contributed by atoms with Crippen LogP contribution in [0.25, 0.3) is 0 Å². The standard InChI is InChI=1S/C10H18ClNO3/c1-2-3-4-5-6-15-10(14)12-8-9(13)7-11/h2-8H2,1H3,(H,12,14). The molecule has 1 amide bonds. The molecule has 0 unspecified atom stereocenters. The van der Waals surface area contributed by atoms with Gasteiger partial charge in [0, 0.05) is 0 Å². The number of hydrogen-bond donors (Lipinski definition) is 1. The molecule has 0 radical (unpaired) electrons. The zero-order chi connectivity index (χ0) is 11.5. The molecular formula is C10H18ClNO3. The van der Waals surface area contributed by atoms with Crippen LogP contribution in [0.2, 0.25) is 0 Å². The number of ether oxygens (including phenoxy) is 1. The molecule has 0 aliphatic carbocycles. The van der Waals surface area contributed by atoms with Crippen LogP contribution in [-0.2, 0) is 9.53 Å². The van der Waals surface area contributed by atoms with E-state index in [2.05, 4.69) is 12.2 Å². The molecule has 0 fully saturated rings. The number of rotatable bonds is 8. The molecule has 0 aromatic heterocycles. The van der Waals surface area contributed by atoms with Crippen molar-refractivity contribution in [2.24, 2.45) is 0 Å². The van der Waals surface area contributed by atoms with Crippen molar-refractivity contribution in [2.45, 2.75) is 32.6 Å². The molecule has 0 spiro atoms. The van der Waals surface area contributed by atoms with Gasteiger partial charge in [0.05, 0.1) is 19.0 Å². The van der Waals surface area contributed by atoms with E-state index >= 15 is 0 Å². The van der Waals surface area contributed by atoms with E-state index in [0.717, 1.165) is 25.7 Å². The number of carbonyl (C=O) groups is 2. The van der Waals surface area contributed by atoms with Crippen LogP contribution in [0.5, 0.6) is 0 Å². The molecule has 5 heteroatoms. The number of halogens is 1. The first-order valence-corrected chi connectivity index (χ1v) is 5.72. The molecule has 0 aromatic carbocycles. The summed E-state index contributed by atoms with van der Waals surface area (Å²) in [7, 11) is 0. The smallest absolute Gasteiger partial charge is 0.407 e. The van der Waals surface area contributed by atoms with E-state index in [1.807, 2.05) is 0 Å². The van der Waals surface area contributed by atoms with Crippen molar-refractivity contribution in [2.75, 3.05) is 19.0 Å². The molecule has 0 bridgehead atoms. The summed E-state index contributed by atoms with van der Waals surface area (Å²) in [6.45, 7) is 2.46. The van der Waals surface area contributed by atoms with Gasteiger partial charge in [-0.3, -0.25) is 4.79 Å². The van der Waals surface area contributed by atoms with E-state index in [-0.39, 0.29) is 18.2 Å². The second-order valence-electron chi connectivity index (χ2n) is 3.22. The van der Waals surface area contributed by atoms with Gasteiger partial charge in [0.15, 0.2) is 5.78 Å². The summed E-state index contributed by atoms with van der Waals surface area (Å²) >= 11 is 5.26. The van der Waals surface area contributed by atoms with Crippen LogP contribution < -0.4 is 5.32 Å². The maximum Gasteiger partial charge on any atom is 0.407 e. The van der Waals surface area contributed by atoms with Crippen molar-refractivity contribution in [1.29, 1.82) is 0 Å². The molecule has 4 nitrogen and oxygen atoms in total. The number of unbranched alkanes of at least 4 members (excludes halogenated alkanes) is 3. The number of hydrogen-bond acceptors (Lipinski definition) is 3. The molecule has 0 aromatic rings. The highest BCUT2D eigenvalue weighted by Gasteiger charge is 2.04. The topological polar surface area (TPSA) is 55.4 Å². The first kappa shape index (κ1) is 14.2. The molecule has 0 atom stereocenters. The quantitative estimate of drug-likeness (QED) is 0.518. The fraction of sp³-hybridized carbons (Fsp3) is 0.800. The van der Waals surface area contributed by atoms with Crippen LogP contribution in [-0.4, -0.2) is 30.9 Å². The Labute approximate surface area is 95.3 Å². The Bertz CT molecular complexity index is 197. The highest BCUT2D eigenvalue weighted by Crippen LogP contribution is 1.98. The summed E-state index contributed by atoms with van der Waals surface area (Å²) < 4.78 is 4.84. The fourth-order valence-corrected chi connectivity index (χ4v) is 1.06. The van der Waals surface area contributed by atoms with Crippen molar-refractivity contribution in [3.63, 3.8) is 0 Å². The van der Waals surface area contributed by atoms with Gasteiger partial charge in [0.25, 0.3) is 0 Å². The van der Waals surface area contributed by atoms with Gasteiger partial charge in [0.1, 0.15) is 0 Å². The van der Waals surface area contributed by atoms with Gasteiger partial charge >= 0.3 is 6.09 Å². The normalized spacial score (nSPS) is 9.73. The predicted octanol–water partition coefficient (Wildman–Crippen LogP) is 2.10. The minimum Gasteiger partial charge on any atom is -0.450 e. The van der Waals surface area contributed by atoms with Gasteiger partial charge in [-0.25, -0.2) is 4.79 Å². The maximum absolute atomic E-state index is 11.0. The van der Waals surface area contributed by atoms with E-state index in [4.69, 9.17) is 16.3 Å². The van der Waals surface area contributed by atoms with E-state index < -0.39 is 6.09 Å². The zero-order valence-electron chi connectivity index (χ0n) is 9.05. The lowest BCUT2D eigenvalue weighted by Crippen LogP contribution is -2.30. The summed E-state index contributed by atoms with van der Waals surface area (Å²) in [4.78, 5) is 21.7. The van der Waals surface area contributed by atoms with Gasteiger partial charge in [-0.05, 0) is 6.42 Å². The minimum atomic E-state index is -0.551. The van der Waals surface area contributed by atoms with Gasteiger partial charge in [-0.2, -0.15) is 0 Å². The molecule has 0 heterocycles. The highest BCUT2D eigenvalue weighted by atomic mass is 35.5. The Hall–Kier alpha value is -0.770. The van der Waals surface area contributed by atoms with Crippen LogP contribution in [0, 0.1) is 0 Å². The Kier molecular flexibility index (Phi) is 9.27. The zero-order valence-corrected chi connectivity index (χ0v) is 9.81. The van der Waals surface area contributed by atoms with Gasteiger partial charge in [0.2, 0.25) is 0 Å². The molecule has 0 aliphatic rings. The lowest BCUT2D eigenvalue weighted by atomic mass is 10.2. The van der Waals surface area contributed by atoms with E-state index in [0.29, 0.717) is 6.61 Å². The molecule has 88 valence electrons. The number of amides is 1. The summed E-state index contributed by atoms with van der Waals surface area (Å²) in [5, 5.41) is 2.33. The SMILES string of the molecule is CCCCCCOC(=O)NCC(=O)CCl. The number of Topliss-reactive ketones (excluding diaryl/α,β-unsaturated/α-hetero) is 1. The molecule has 1 N–H and O–H groups in total. The number of alkyl carbamates (subject to hydrolysis) is 1. The van der Waals surface area contributed by atoms with Crippen molar-refractivity contribution < 1.29 is 14.3 Å². The largest absolute Gasteiger partial charge is 0.450 e. The van der Waals surface area contributed by atoms with E-state index in [1.54, 1.807) is 0 Å². The lowest BCUT2D eigenvalue weighted by molar-refractivity contribution is -0.115. The average Bonchev–Trinajstić information content (AvgIpc) is 2.25. The third kappa shape index (κ3) is 9.53. The number of alkyl halides is 1. The molecule has 0 saturated heterocycles. The maximum atomic E-state index is 11.0. The summed E-state index contributed by atoms with van der Waals surface area (Å²) in [6.07, 6.45) is 3.67. The summed E-state index contributed by atoms with van der Waals surface area (Å²) in [5.41, 5.74) is 0. The Morgan fingerprint density at radius 1 is 1.27 bits per heavy atom. The number of carbonyl (C=O) groups excluding carboxylic acids is 2. The summed E-state index contributed by atoms with van der Waals surface area (Å²) in [6, 6.07) is 0. The minimum absolute atomic E-state index is 0.0582. The van der Waals surface area contributed by atoms with Crippen molar-refractivity contribution in [3.8, 4) is 0 Å². The van der Waals surface area contributed by atoms with Crippen LogP contribution in [0.1, 0.15) is 32.6 Å². The van der Waals surface area contributed by atoms with Crippen LogP contribution in [0.15, 0.2) is 0 Å². The molecule has 0 saturated carbocycles. The van der Waals surface area contributed by atoms with Crippen LogP contribution in [0.4, 0.5) is 4.79 Å².